The van der Waals surface area contributed by atoms with Crippen LogP contribution in [0.25, 0.3) is 0 Å². The number of piperidine rings is 1. The second kappa shape index (κ2) is 5.00. The zero-order valence-electron chi connectivity index (χ0n) is 11.0. The first-order chi connectivity index (χ1) is 8.72. The van der Waals surface area contributed by atoms with Gasteiger partial charge in [-0.25, -0.2) is 0 Å². The van der Waals surface area contributed by atoms with Gasteiger partial charge < -0.3 is 10.5 Å². The third-order valence-corrected chi connectivity index (χ3v) is 4.19. The van der Waals surface area contributed by atoms with Gasteiger partial charge >= 0.3 is 0 Å². The van der Waals surface area contributed by atoms with Crippen molar-refractivity contribution >= 4 is 0 Å². The molecule has 2 unspecified atom stereocenters. The first-order valence-corrected chi connectivity index (χ1v) is 6.87. The number of benzene rings is 1. The van der Waals surface area contributed by atoms with E-state index in [4.69, 9.17) is 10.5 Å². The number of nitrogens with two attached hydrogens (primary N) is 1. The number of fused-ring (bicyclic) bond motifs is 2. The molecule has 0 spiro atoms. The van der Waals surface area contributed by atoms with Gasteiger partial charge in [-0.3, -0.25) is 4.90 Å². The molecule has 18 heavy (non-hydrogen) atoms. The summed E-state index contributed by atoms with van der Waals surface area (Å²) in [4.78, 5) is 2.59. The first-order valence-electron chi connectivity index (χ1n) is 6.87. The van der Waals surface area contributed by atoms with Crippen LogP contribution in [0, 0.1) is 6.92 Å². The molecular formula is C15H22N2O. The topological polar surface area (TPSA) is 38.5 Å². The highest BCUT2D eigenvalue weighted by molar-refractivity contribution is 5.21. The maximum atomic E-state index is 6.12. The van der Waals surface area contributed by atoms with E-state index in [0.717, 1.165) is 32.6 Å². The fourth-order valence-corrected chi connectivity index (χ4v) is 3.19. The smallest absolute Gasteiger partial charge is 0.0623 e. The highest BCUT2D eigenvalue weighted by Crippen LogP contribution is 2.28. The molecule has 0 amide bonds. The zero-order valence-corrected chi connectivity index (χ0v) is 11.0. The maximum Gasteiger partial charge on any atom is 0.0623 e. The van der Waals surface area contributed by atoms with Crippen molar-refractivity contribution < 1.29 is 4.74 Å². The van der Waals surface area contributed by atoms with Gasteiger partial charge in [0.15, 0.2) is 0 Å². The van der Waals surface area contributed by atoms with Crippen LogP contribution < -0.4 is 5.73 Å². The second-order valence-electron chi connectivity index (χ2n) is 5.73. The van der Waals surface area contributed by atoms with Crippen LogP contribution in [-0.4, -0.2) is 36.2 Å². The highest BCUT2D eigenvalue weighted by Gasteiger charge is 2.37. The summed E-state index contributed by atoms with van der Waals surface area (Å²) < 4.78 is 5.67. The van der Waals surface area contributed by atoms with E-state index in [1.54, 1.807) is 0 Å². The number of hydrogen-bond donors (Lipinski definition) is 1. The zero-order chi connectivity index (χ0) is 12.5. The summed E-state index contributed by atoms with van der Waals surface area (Å²) in [6.45, 7) is 4.85. The van der Waals surface area contributed by atoms with Crippen LogP contribution in [-0.2, 0) is 11.3 Å². The lowest BCUT2D eigenvalue weighted by molar-refractivity contribution is -0.0819. The van der Waals surface area contributed by atoms with E-state index in [1.807, 2.05) is 0 Å². The molecular weight excluding hydrogens is 224 g/mol. The molecule has 3 rings (SSSR count). The van der Waals surface area contributed by atoms with Gasteiger partial charge in [-0.15, -0.1) is 0 Å². The fraction of sp³-hybridized carbons (Fsp3) is 0.600. The maximum absolute atomic E-state index is 6.12. The van der Waals surface area contributed by atoms with Crippen LogP contribution in [0.4, 0.5) is 0 Å². The lowest BCUT2D eigenvalue weighted by Gasteiger charge is -2.47. The Bertz CT molecular complexity index is 389. The Morgan fingerprint density at radius 2 is 1.78 bits per heavy atom. The van der Waals surface area contributed by atoms with Gasteiger partial charge in [-0.2, -0.15) is 0 Å². The summed E-state index contributed by atoms with van der Waals surface area (Å²) >= 11 is 0. The molecule has 2 N–H and O–H groups in total. The van der Waals surface area contributed by atoms with Gasteiger partial charge in [-0.1, -0.05) is 29.8 Å². The summed E-state index contributed by atoms with van der Waals surface area (Å²) in [5, 5.41) is 0. The van der Waals surface area contributed by atoms with Gasteiger partial charge in [0, 0.05) is 24.7 Å². The molecule has 0 aromatic heterocycles. The van der Waals surface area contributed by atoms with Crippen molar-refractivity contribution in [2.75, 3.05) is 13.2 Å². The third kappa shape index (κ3) is 2.44. The number of ether oxygens (including phenoxy) is 1. The average Bonchev–Trinajstić information content (AvgIpc) is 2.33. The molecule has 1 aromatic rings. The lowest BCUT2D eigenvalue weighted by Crippen LogP contribution is -2.58. The SMILES string of the molecule is Cc1ccc(CN2C3COCC2CC(N)C3)cc1. The third-order valence-electron chi connectivity index (χ3n) is 4.19. The minimum atomic E-state index is 0.359. The van der Waals surface area contributed by atoms with E-state index in [0.29, 0.717) is 18.1 Å². The Balaban J connectivity index is 1.73. The van der Waals surface area contributed by atoms with Crippen LogP contribution in [0.15, 0.2) is 24.3 Å². The van der Waals surface area contributed by atoms with E-state index in [9.17, 15) is 0 Å². The second-order valence-corrected chi connectivity index (χ2v) is 5.73. The van der Waals surface area contributed by atoms with Crippen molar-refractivity contribution in [3.8, 4) is 0 Å². The molecule has 2 aliphatic heterocycles. The van der Waals surface area contributed by atoms with Crippen molar-refractivity contribution in [1.82, 2.24) is 4.90 Å². The highest BCUT2D eigenvalue weighted by atomic mass is 16.5. The molecule has 2 bridgehead atoms. The lowest BCUT2D eigenvalue weighted by atomic mass is 9.90. The molecule has 2 aliphatic rings. The quantitative estimate of drug-likeness (QED) is 0.863. The van der Waals surface area contributed by atoms with Crippen LogP contribution in [0.2, 0.25) is 0 Å². The van der Waals surface area contributed by atoms with Crippen molar-refractivity contribution in [1.29, 1.82) is 0 Å². The molecule has 3 heteroatoms. The number of aryl methyl sites for hydroxylation is 1. The molecule has 0 saturated carbocycles. The predicted molar refractivity (Wildman–Crippen MR) is 72.3 cm³/mol. The largest absolute Gasteiger partial charge is 0.378 e. The minimum Gasteiger partial charge on any atom is -0.378 e. The van der Waals surface area contributed by atoms with Gasteiger partial charge in [0.2, 0.25) is 0 Å². The van der Waals surface area contributed by atoms with Crippen LogP contribution in [0.1, 0.15) is 24.0 Å². The molecule has 1 aromatic carbocycles. The molecule has 98 valence electrons. The van der Waals surface area contributed by atoms with Gasteiger partial charge in [0.05, 0.1) is 13.2 Å². The van der Waals surface area contributed by atoms with E-state index < -0.39 is 0 Å². The van der Waals surface area contributed by atoms with E-state index in [1.165, 1.54) is 11.1 Å². The predicted octanol–water partition coefficient (Wildman–Crippen LogP) is 1.69. The molecule has 2 fully saturated rings. The summed E-state index contributed by atoms with van der Waals surface area (Å²) in [5.41, 5.74) is 8.84. The number of rotatable bonds is 2. The van der Waals surface area contributed by atoms with Crippen molar-refractivity contribution in [3.63, 3.8) is 0 Å². The Labute approximate surface area is 109 Å². The normalized spacial score (nSPS) is 32.4. The summed E-state index contributed by atoms with van der Waals surface area (Å²) in [6, 6.07) is 10.2. The number of nitrogens with zero attached hydrogens (tertiary/aromatic N) is 1. The summed E-state index contributed by atoms with van der Waals surface area (Å²) in [6.07, 6.45) is 2.14. The van der Waals surface area contributed by atoms with Crippen molar-refractivity contribution in [2.45, 2.75) is 44.4 Å². The number of hydrogen-bond acceptors (Lipinski definition) is 3. The standard InChI is InChI=1S/C15H22N2O/c1-11-2-4-12(5-3-11)8-17-14-6-13(16)7-15(17)10-18-9-14/h2-5,13-15H,6-10,16H2,1H3. The molecule has 2 saturated heterocycles. The Hall–Kier alpha value is -0.900. The van der Waals surface area contributed by atoms with Gasteiger partial charge in [-0.05, 0) is 25.3 Å². The van der Waals surface area contributed by atoms with Crippen LogP contribution >= 0.6 is 0 Å². The Morgan fingerprint density at radius 1 is 1.17 bits per heavy atom. The minimum absolute atomic E-state index is 0.359. The van der Waals surface area contributed by atoms with Gasteiger partial charge in [0.1, 0.15) is 0 Å². The van der Waals surface area contributed by atoms with Crippen LogP contribution in [0.3, 0.4) is 0 Å². The number of morpholine rings is 1. The molecule has 2 heterocycles. The van der Waals surface area contributed by atoms with Crippen molar-refractivity contribution in [3.05, 3.63) is 35.4 Å². The van der Waals surface area contributed by atoms with E-state index >= 15 is 0 Å². The Morgan fingerprint density at radius 3 is 2.39 bits per heavy atom. The molecule has 0 aliphatic carbocycles. The van der Waals surface area contributed by atoms with E-state index in [2.05, 4.69) is 36.1 Å². The van der Waals surface area contributed by atoms with Crippen molar-refractivity contribution in [2.24, 2.45) is 5.73 Å². The van der Waals surface area contributed by atoms with E-state index in [-0.39, 0.29) is 0 Å². The monoisotopic (exact) mass is 246 g/mol. The average molecular weight is 246 g/mol. The summed E-state index contributed by atoms with van der Waals surface area (Å²) in [5.74, 6) is 0. The summed E-state index contributed by atoms with van der Waals surface area (Å²) in [7, 11) is 0. The fourth-order valence-electron chi connectivity index (χ4n) is 3.19. The Kier molecular flexibility index (Phi) is 3.37. The molecule has 2 atom stereocenters. The van der Waals surface area contributed by atoms with Gasteiger partial charge in [0.25, 0.3) is 0 Å². The van der Waals surface area contributed by atoms with Crippen LogP contribution in [0.5, 0.6) is 0 Å². The molecule has 3 nitrogen and oxygen atoms in total. The molecule has 0 radical (unpaired) electrons. The first kappa shape index (κ1) is 12.2.